The molecule has 0 saturated carbocycles. The molecular formula is C29H32N4O. The molecule has 0 bridgehead atoms. The van der Waals surface area contributed by atoms with Crippen molar-refractivity contribution >= 4 is 17.3 Å². The Kier molecular flexibility index (Phi) is 8.06. The fourth-order valence-corrected chi connectivity index (χ4v) is 3.54. The maximum Gasteiger partial charge on any atom is 0.207 e. The van der Waals surface area contributed by atoms with E-state index < -0.39 is 6.23 Å². The molecule has 0 amide bonds. The van der Waals surface area contributed by atoms with Crippen LogP contribution in [-0.4, -0.2) is 35.8 Å². The molecule has 2 aromatic carbocycles. The van der Waals surface area contributed by atoms with Crippen molar-refractivity contribution < 1.29 is 5.11 Å². The van der Waals surface area contributed by atoms with Crippen LogP contribution in [0.4, 0.5) is 11.4 Å². The number of hydrogen-bond acceptors (Lipinski definition) is 3. The first-order chi connectivity index (χ1) is 16.3. The number of benzene rings is 2. The summed E-state index contributed by atoms with van der Waals surface area (Å²) >= 11 is 0. The number of rotatable bonds is 8. The third-order valence-corrected chi connectivity index (χ3v) is 5.42. The first kappa shape index (κ1) is 24.6. The van der Waals surface area contributed by atoms with Crippen molar-refractivity contribution in [3.05, 3.63) is 133 Å². The minimum Gasteiger partial charge on any atom is -0.369 e. The number of para-hydroxylation sites is 2. The van der Waals surface area contributed by atoms with Crippen LogP contribution < -0.4 is 10.2 Å². The Hall–Kier alpha value is -4.09. The van der Waals surface area contributed by atoms with Gasteiger partial charge >= 0.3 is 0 Å². The zero-order chi connectivity index (χ0) is 24.7. The second kappa shape index (κ2) is 11.2. The topological polar surface area (TPSA) is 51.1 Å². The van der Waals surface area contributed by atoms with Crippen molar-refractivity contribution in [3.63, 3.8) is 0 Å². The molecule has 174 valence electrons. The number of likely N-dealkylation sites (N-methyl/N-ethyl adjacent to an activating group) is 1. The van der Waals surface area contributed by atoms with E-state index in [2.05, 4.69) is 36.6 Å². The molecule has 0 aromatic heterocycles. The van der Waals surface area contributed by atoms with E-state index >= 15 is 0 Å². The van der Waals surface area contributed by atoms with Gasteiger partial charge in [0.2, 0.25) is 5.96 Å². The van der Waals surface area contributed by atoms with E-state index in [-0.39, 0.29) is 0 Å². The first-order valence-corrected chi connectivity index (χ1v) is 11.1. The van der Waals surface area contributed by atoms with Gasteiger partial charge in [-0.3, -0.25) is 9.89 Å². The van der Waals surface area contributed by atoms with E-state index in [9.17, 15) is 5.11 Å². The third kappa shape index (κ3) is 5.63. The number of hydrogen-bond donors (Lipinski definition) is 2. The number of guanidine groups is 1. The SMILES string of the molecule is C=C(/C=C\C(=C)C(=C)/C=C1\C(=C)N(C)/C(=N\CC)N(c2ccccc2)C1O)Nc1ccccc1. The first-order valence-electron chi connectivity index (χ1n) is 11.1. The molecule has 0 radical (unpaired) electrons. The van der Waals surface area contributed by atoms with Gasteiger partial charge in [-0.15, -0.1) is 0 Å². The maximum absolute atomic E-state index is 11.4. The number of nitrogens with zero attached hydrogens (tertiary/aromatic N) is 3. The summed E-state index contributed by atoms with van der Waals surface area (Å²) in [7, 11) is 1.89. The average Bonchev–Trinajstić information content (AvgIpc) is 2.85. The van der Waals surface area contributed by atoms with Crippen LogP contribution in [0.1, 0.15) is 6.92 Å². The summed E-state index contributed by atoms with van der Waals surface area (Å²) in [6.07, 6.45) is 4.54. The van der Waals surface area contributed by atoms with E-state index in [0.29, 0.717) is 34.9 Å². The van der Waals surface area contributed by atoms with Gasteiger partial charge in [0.1, 0.15) is 0 Å². The number of aliphatic hydroxyl groups is 1. The summed E-state index contributed by atoms with van der Waals surface area (Å²) in [4.78, 5) is 8.28. The molecule has 0 aliphatic carbocycles. The molecule has 1 unspecified atom stereocenters. The zero-order valence-corrected chi connectivity index (χ0v) is 19.9. The Bertz CT molecular complexity index is 1160. The fourth-order valence-electron chi connectivity index (χ4n) is 3.54. The zero-order valence-electron chi connectivity index (χ0n) is 19.9. The smallest absolute Gasteiger partial charge is 0.207 e. The van der Waals surface area contributed by atoms with Gasteiger partial charge in [-0.25, -0.2) is 0 Å². The lowest BCUT2D eigenvalue weighted by molar-refractivity contribution is 0.207. The normalized spacial score (nSPS) is 18.6. The summed E-state index contributed by atoms with van der Waals surface area (Å²) in [6.45, 7) is 19.1. The van der Waals surface area contributed by atoms with E-state index in [1.165, 1.54) is 0 Å². The number of anilines is 2. The average molecular weight is 453 g/mol. The molecule has 34 heavy (non-hydrogen) atoms. The quantitative estimate of drug-likeness (QED) is 0.492. The lowest BCUT2D eigenvalue weighted by Gasteiger charge is -2.43. The van der Waals surface area contributed by atoms with Crippen LogP contribution in [0.25, 0.3) is 0 Å². The third-order valence-electron chi connectivity index (χ3n) is 5.42. The van der Waals surface area contributed by atoms with Gasteiger partial charge < -0.3 is 15.3 Å². The van der Waals surface area contributed by atoms with Crippen molar-refractivity contribution in [2.75, 3.05) is 23.8 Å². The molecule has 1 saturated heterocycles. The van der Waals surface area contributed by atoms with Crippen LogP contribution in [0.3, 0.4) is 0 Å². The highest BCUT2D eigenvalue weighted by Crippen LogP contribution is 2.32. The molecule has 3 rings (SSSR count). The van der Waals surface area contributed by atoms with Gasteiger partial charge in [0.25, 0.3) is 0 Å². The summed E-state index contributed by atoms with van der Waals surface area (Å²) in [6, 6.07) is 19.5. The predicted octanol–water partition coefficient (Wildman–Crippen LogP) is 5.87. The molecule has 5 nitrogen and oxygen atoms in total. The summed E-state index contributed by atoms with van der Waals surface area (Å²) in [5, 5.41) is 14.6. The largest absolute Gasteiger partial charge is 0.369 e. The monoisotopic (exact) mass is 452 g/mol. The summed E-state index contributed by atoms with van der Waals surface area (Å²) in [5.74, 6) is 0.635. The Balaban J connectivity index is 1.82. The number of allylic oxidation sites excluding steroid dienone is 5. The molecule has 1 fully saturated rings. The minimum atomic E-state index is -0.973. The molecule has 1 aliphatic rings. The molecule has 0 spiro atoms. The van der Waals surface area contributed by atoms with E-state index in [0.717, 1.165) is 17.1 Å². The van der Waals surface area contributed by atoms with Crippen LogP contribution in [0.15, 0.2) is 138 Å². The van der Waals surface area contributed by atoms with Crippen molar-refractivity contribution in [3.8, 4) is 0 Å². The van der Waals surface area contributed by atoms with Crippen LogP contribution in [0.2, 0.25) is 0 Å². The van der Waals surface area contributed by atoms with Crippen molar-refractivity contribution in [1.29, 1.82) is 0 Å². The van der Waals surface area contributed by atoms with Crippen molar-refractivity contribution in [2.45, 2.75) is 13.2 Å². The molecule has 1 aliphatic heterocycles. The molecule has 1 atom stereocenters. The molecule has 5 heteroatoms. The van der Waals surface area contributed by atoms with Gasteiger partial charge in [-0.2, -0.15) is 0 Å². The molecule has 2 aromatic rings. The Morgan fingerprint density at radius 1 is 1.00 bits per heavy atom. The second-order valence-corrected chi connectivity index (χ2v) is 7.86. The Labute approximate surface area is 202 Å². The molecule has 1 heterocycles. The highest BCUT2D eigenvalue weighted by molar-refractivity contribution is 6.00. The number of nitrogens with one attached hydrogen (secondary N) is 1. The maximum atomic E-state index is 11.4. The van der Waals surface area contributed by atoms with E-state index in [1.54, 1.807) is 4.90 Å². The van der Waals surface area contributed by atoms with E-state index in [1.807, 2.05) is 97.8 Å². The number of aliphatic hydroxyl groups excluding tert-OH is 1. The van der Waals surface area contributed by atoms with Crippen molar-refractivity contribution in [1.82, 2.24) is 4.90 Å². The Morgan fingerprint density at radius 2 is 1.62 bits per heavy atom. The highest BCUT2D eigenvalue weighted by atomic mass is 16.3. The van der Waals surface area contributed by atoms with Gasteiger partial charge in [0.05, 0.1) is 0 Å². The van der Waals surface area contributed by atoms with Crippen LogP contribution >= 0.6 is 0 Å². The van der Waals surface area contributed by atoms with Crippen LogP contribution in [0, 0.1) is 0 Å². The second-order valence-electron chi connectivity index (χ2n) is 7.86. The lowest BCUT2D eigenvalue weighted by atomic mass is 10.00. The van der Waals surface area contributed by atoms with Gasteiger partial charge in [-0.1, -0.05) is 68.8 Å². The van der Waals surface area contributed by atoms with E-state index in [4.69, 9.17) is 0 Å². The van der Waals surface area contributed by atoms with Gasteiger partial charge in [-0.05, 0) is 54.5 Å². The minimum absolute atomic E-state index is 0.581. The summed E-state index contributed by atoms with van der Waals surface area (Å²) in [5.41, 5.74) is 5.16. The molecular weight excluding hydrogens is 420 g/mol. The Morgan fingerprint density at radius 3 is 2.24 bits per heavy atom. The van der Waals surface area contributed by atoms with Crippen LogP contribution in [-0.2, 0) is 0 Å². The fraction of sp³-hybridized carbons (Fsp3) is 0.138. The number of aliphatic imine (C=N–C) groups is 1. The van der Waals surface area contributed by atoms with Gasteiger partial charge in [0, 0.05) is 41.9 Å². The van der Waals surface area contributed by atoms with Gasteiger partial charge in [0.15, 0.2) is 6.23 Å². The molecule has 2 N–H and O–H groups in total. The predicted molar refractivity (Wildman–Crippen MR) is 145 cm³/mol. The lowest BCUT2D eigenvalue weighted by Crippen LogP contribution is -2.54. The summed E-state index contributed by atoms with van der Waals surface area (Å²) < 4.78 is 0. The standard InChI is InChI=1S/C29H32N4O/c1-7-30-29-32(6)24(5)27(28(34)33(29)26-16-12-9-13-17-26)20-22(3)21(2)18-19-23(4)31-25-14-10-8-11-15-25/h8-20,28,31,34H,2-5,7H2,1,6H3/b19-18-,27-20+,30-29+. The van der Waals surface area contributed by atoms with Crippen LogP contribution in [0.5, 0.6) is 0 Å². The highest BCUT2D eigenvalue weighted by Gasteiger charge is 2.35. The van der Waals surface area contributed by atoms with Crippen molar-refractivity contribution in [2.24, 2.45) is 4.99 Å².